The smallest absolute Gasteiger partial charge is 0.261 e. The molecule has 0 aliphatic heterocycles. The van der Waals surface area contributed by atoms with Crippen LogP contribution < -0.4 is 5.32 Å². The average molecular weight is 453 g/mol. The van der Waals surface area contributed by atoms with Gasteiger partial charge in [-0.05, 0) is 42.8 Å². The topological polar surface area (TPSA) is 67.2 Å². The van der Waals surface area contributed by atoms with Crippen molar-refractivity contribution in [1.82, 2.24) is 20.0 Å². The SMILES string of the molecule is Cc1nn(-c2ccccc2Cl)c2sc(C(=O)NCc3ccc(C(=O)N(C)C)cc3)cc12. The van der Waals surface area contributed by atoms with E-state index in [1.165, 1.54) is 16.2 Å². The fourth-order valence-electron chi connectivity index (χ4n) is 3.24. The molecule has 0 aliphatic carbocycles. The molecule has 1 N–H and O–H groups in total. The number of carbonyl (C=O) groups excluding carboxylic acids is 2. The minimum absolute atomic E-state index is 0.0520. The van der Waals surface area contributed by atoms with E-state index in [1.807, 2.05) is 49.4 Å². The van der Waals surface area contributed by atoms with Crippen LogP contribution >= 0.6 is 22.9 Å². The fraction of sp³-hybridized carbons (Fsp3) is 0.174. The van der Waals surface area contributed by atoms with Gasteiger partial charge in [0, 0.05) is 31.6 Å². The van der Waals surface area contributed by atoms with Gasteiger partial charge in [0.25, 0.3) is 11.8 Å². The summed E-state index contributed by atoms with van der Waals surface area (Å²) in [5.41, 5.74) is 3.15. The Bertz CT molecular complexity index is 1270. The van der Waals surface area contributed by atoms with Crippen LogP contribution in [-0.4, -0.2) is 40.6 Å². The summed E-state index contributed by atoms with van der Waals surface area (Å²) in [7, 11) is 3.43. The van der Waals surface area contributed by atoms with Crippen molar-refractivity contribution in [2.75, 3.05) is 14.1 Å². The van der Waals surface area contributed by atoms with Crippen LogP contribution in [0.3, 0.4) is 0 Å². The zero-order chi connectivity index (χ0) is 22.1. The Kier molecular flexibility index (Phi) is 5.80. The third kappa shape index (κ3) is 4.19. The summed E-state index contributed by atoms with van der Waals surface area (Å²) >= 11 is 7.72. The highest BCUT2D eigenvalue weighted by Gasteiger charge is 2.18. The van der Waals surface area contributed by atoms with Crippen LogP contribution in [0.15, 0.2) is 54.6 Å². The highest BCUT2D eigenvalue weighted by Crippen LogP contribution is 2.32. The number of amides is 2. The zero-order valence-corrected chi connectivity index (χ0v) is 18.9. The lowest BCUT2D eigenvalue weighted by Gasteiger charge is -2.10. The van der Waals surface area contributed by atoms with E-state index in [0.29, 0.717) is 22.0 Å². The van der Waals surface area contributed by atoms with Crippen molar-refractivity contribution < 1.29 is 9.59 Å². The summed E-state index contributed by atoms with van der Waals surface area (Å²) in [5.74, 6) is -0.205. The fourth-order valence-corrected chi connectivity index (χ4v) is 4.55. The molecule has 0 fully saturated rings. The third-order valence-electron chi connectivity index (χ3n) is 4.91. The molecule has 8 heteroatoms. The molecule has 0 bridgehead atoms. The van der Waals surface area contributed by atoms with Crippen molar-refractivity contribution in [3.8, 4) is 5.69 Å². The van der Waals surface area contributed by atoms with Crippen molar-refractivity contribution in [1.29, 1.82) is 0 Å². The van der Waals surface area contributed by atoms with Crippen LogP contribution in [0.1, 0.15) is 31.3 Å². The molecule has 2 aromatic carbocycles. The number of fused-ring (bicyclic) bond motifs is 1. The van der Waals surface area contributed by atoms with Gasteiger partial charge in [-0.3, -0.25) is 9.59 Å². The van der Waals surface area contributed by atoms with Gasteiger partial charge in [0.1, 0.15) is 4.83 Å². The summed E-state index contributed by atoms with van der Waals surface area (Å²) < 4.78 is 1.79. The first-order chi connectivity index (χ1) is 14.8. The van der Waals surface area contributed by atoms with Gasteiger partial charge in [0.05, 0.1) is 21.3 Å². The second kappa shape index (κ2) is 8.53. The van der Waals surface area contributed by atoms with E-state index in [0.717, 1.165) is 27.2 Å². The monoisotopic (exact) mass is 452 g/mol. The summed E-state index contributed by atoms with van der Waals surface area (Å²) in [4.78, 5) is 27.8. The number of aromatic nitrogens is 2. The number of nitrogens with one attached hydrogen (secondary N) is 1. The molecule has 0 aliphatic rings. The molecule has 0 radical (unpaired) electrons. The highest BCUT2D eigenvalue weighted by atomic mass is 35.5. The van der Waals surface area contributed by atoms with Gasteiger partial charge < -0.3 is 10.2 Å². The van der Waals surface area contributed by atoms with Crippen LogP contribution in [0, 0.1) is 6.92 Å². The molecule has 2 amide bonds. The van der Waals surface area contributed by atoms with Crippen molar-refractivity contribution in [2.24, 2.45) is 0 Å². The van der Waals surface area contributed by atoms with E-state index in [2.05, 4.69) is 10.4 Å². The number of rotatable bonds is 5. The van der Waals surface area contributed by atoms with E-state index < -0.39 is 0 Å². The number of para-hydroxylation sites is 1. The number of thiophene rings is 1. The minimum Gasteiger partial charge on any atom is -0.347 e. The Hall–Kier alpha value is -3.16. The second-order valence-electron chi connectivity index (χ2n) is 7.36. The van der Waals surface area contributed by atoms with Gasteiger partial charge >= 0.3 is 0 Å². The van der Waals surface area contributed by atoms with Gasteiger partial charge in [-0.1, -0.05) is 35.9 Å². The summed E-state index contributed by atoms with van der Waals surface area (Å²) in [6.07, 6.45) is 0. The first-order valence-electron chi connectivity index (χ1n) is 9.68. The van der Waals surface area contributed by atoms with Crippen molar-refractivity contribution >= 4 is 45.0 Å². The second-order valence-corrected chi connectivity index (χ2v) is 8.80. The molecule has 0 spiro atoms. The summed E-state index contributed by atoms with van der Waals surface area (Å²) in [6.45, 7) is 2.29. The van der Waals surface area contributed by atoms with E-state index >= 15 is 0 Å². The van der Waals surface area contributed by atoms with E-state index in [1.54, 1.807) is 30.9 Å². The molecular formula is C23H21ClN4O2S. The van der Waals surface area contributed by atoms with Crippen molar-refractivity contribution in [3.05, 3.63) is 81.3 Å². The predicted molar refractivity (Wildman–Crippen MR) is 124 cm³/mol. The highest BCUT2D eigenvalue weighted by molar-refractivity contribution is 7.20. The Balaban J connectivity index is 1.52. The number of halogens is 1. The van der Waals surface area contributed by atoms with Gasteiger partial charge in [0.2, 0.25) is 0 Å². The van der Waals surface area contributed by atoms with Crippen LogP contribution in [0.5, 0.6) is 0 Å². The molecule has 31 heavy (non-hydrogen) atoms. The number of nitrogens with zero attached hydrogens (tertiary/aromatic N) is 3. The number of aryl methyl sites for hydroxylation is 1. The van der Waals surface area contributed by atoms with Crippen LogP contribution in [0.25, 0.3) is 15.9 Å². The third-order valence-corrected chi connectivity index (χ3v) is 6.34. The average Bonchev–Trinajstić information content (AvgIpc) is 3.33. The van der Waals surface area contributed by atoms with Crippen molar-refractivity contribution in [2.45, 2.75) is 13.5 Å². The maximum atomic E-state index is 12.8. The molecule has 0 unspecified atom stereocenters. The van der Waals surface area contributed by atoms with Gasteiger partial charge in [-0.2, -0.15) is 5.10 Å². The van der Waals surface area contributed by atoms with Crippen LogP contribution in [-0.2, 0) is 6.54 Å². The first kappa shape index (κ1) is 21.1. The van der Waals surface area contributed by atoms with Gasteiger partial charge in [0.15, 0.2) is 0 Å². The first-order valence-corrected chi connectivity index (χ1v) is 10.9. The minimum atomic E-state index is -0.153. The maximum absolute atomic E-state index is 12.8. The number of carbonyl (C=O) groups is 2. The number of hydrogen-bond acceptors (Lipinski definition) is 4. The lowest BCUT2D eigenvalue weighted by atomic mass is 10.1. The molecule has 6 nitrogen and oxygen atoms in total. The van der Waals surface area contributed by atoms with E-state index in [9.17, 15) is 9.59 Å². The Morgan fingerprint density at radius 3 is 2.52 bits per heavy atom. The molecule has 0 saturated heterocycles. The lowest BCUT2D eigenvalue weighted by molar-refractivity contribution is 0.0827. The largest absolute Gasteiger partial charge is 0.347 e. The van der Waals surface area contributed by atoms with Crippen LogP contribution in [0.4, 0.5) is 0 Å². The Morgan fingerprint density at radius 1 is 1.13 bits per heavy atom. The molecule has 158 valence electrons. The van der Waals surface area contributed by atoms with E-state index in [-0.39, 0.29) is 11.8 Å². The molecule has 4 rings (SSSR count). The Labute approximate surface area is 189 Å². The summed E-state index contributed by atoms with van der Waals surface area (Å²) in [5, 5.41) is 9.07. The number of benzene rings is 2. The van der Waals surface area contributed by atoms with Gasteiger partial charge in [-0.25, -0.2) is 4.68 Å². The molecule has 4 aromatic rings. The maximum Gasteiger partial charge on any atom is 0.261 e. The zero-order valence-electron chi connectivity index (χ0n) is 17.3. The quantitative estimate of drug-likeness (QED) is 0.478. The number of hydrogen-bond donors (Lipinski definition) is 1. The summed E-state index contributed by atoms with van der Waals surface area (Å²) in [6, 6.07) is 16.6. The molecule has 2 aromatic heterocycles. The van der Waals surface area contributed by atoms with Gasteiger partial charge in [-0.15, -0.1) is 11.3 Å². The molecular weight excluding hydrogens is 432 g/mol. The normalized spacial score (nSPS) is 11.0. The molecule has 2 heterocycles. The lowest BCUT2D eigenvalue weighted by Crippen LogP contribution is -2.23. The predicted octanol–water partition coefficient (Wildman–Crippen LogP) is 4.68. The van der Waals surface area contributed by atoms with Crippen LogP contribution in [0.2, 0.25) is 5.02 Å². The molecule has 0 saturated carbocycles. The van der Waals surface area contributed by atoms with E-state index in [4.69, 9.17) is 11.6 Å². The molecule has 0 atom stereocenters. The Morgan fingerprint density at radius 2 is 1.84 bits per heavy atom. The standard InChI is InChI=1S/C23H21ClN4O2S/c1-14-17-12-20(31-23(17)28(26-14)19-7-5-4-6-18(19)24)21(29)25-13-15-8-10-16(11-9-15)22(30)27(2)3/h4-12H,13H2,1-3H3,(H,25,29). The van der Waals surface area contributed by atoms with Crippen molar-refractivity contribution in [3.63, 3.8) is 0 Å².